The summed E-state index contributed by atoms with van der Waals surface area (Å²) in [4.78, 5) is 25.1. The van der Waals surface area contributed by atoms with Gasteiger partial charge in [0.2, 0.25) is 0 Å². The van der Waals surface area contributed by atoms with Crippen molar-refractivity contribution in [3.8, 4) is 17.2 Å². The quantitative estimate of drug-likeness (QED) is 0.542. The lowest BCUT2D eigenvalue weighted by Gasteiger charge is -2.26. The number of rotatable bonds is 5. The van der Waals surface area contributed by atoms with E-state index >= 15 is 0 Å². The fourth-order valence-corrected chi connectivity index (χ4v) is 3.82. The van der Waals surface area contributed by atoms with E-state index in [2.05, 4.69) is 0 Å². The van der Waals surface area contributed by atoms with Gasteiger partial charge in [-0.3, -0.25) is 14.9 Å². The molecule has 152 valence electrons. The monoisotopic (exact) mass is 418 g/mol. The number of nitro groups is 1. The summed E-state index contributed by atoms with van der Waals surface area (Å²) >= 11 is 5.81. The molecule has 1 fully saturated rings. The minimum Gasteiger partial charge on any atom is -0.486 e. The van der Waals surface area contributed by atoms with Crippen LogP contribution in [0.5, 0.6) is 17.2 Å². The van der Waals surface area contributed by atoms with Crippen LogP contribution in [0.1, 0.15) is 24.4 Å². The van der Waals surface area contributed by atoms with Crippen molar-refractivity contribution in [3.63, 3.8) is 0 Å². The summed E-state index contributed by atoms with van der Waals surface area (Å²) in [6.45, 7) is 1.33. The molecule has 9 heteroatoms. The van der Waals surface area contributed by atoms with Crippen LogP contribution in [0.15, 0.2) is 36.4 Å². The maximum absolute atomic E-state index is 12.8. The Balaban J connectivity index is 1.47. The molecule has 2 heterocycles. The zero-order valence-electron chi connectivity index (χ0n) is 15.5. The summed E-state index contributed by atoms with van der Waals surface area (Å²) < 4.78 is 16.7. The Hall–Kier alpha value is -3.00. The number of hydrogen-bond acceptors (Lipinski definition) is 6. The first kappa shape index (κ1) is 19.3. The van der Waals surface area contributed by atoms with Crippen molar-refractivity contribution < 1.29 is 23.9 Å². The van der Waals surface area contributed by atoms with Gasteiger partial charge in [0.25, 0.3) is 5.91 Å². The van der Waals surface area contributed by atoms with Gasteiger partial charge in [0.1, 0.15) is 13.2 Å². The van der Waals surface area contributed by atoms with Gasteiger partial charge in [-0.25, -0.2) is 0 Å². The number of likely N-dealkylation sites (tertiary alicyclic amines) is 1. The van der Waals surface area contributed by atoms with Crippen molar-refractivity contribution in [3.05, 3.63) is 57.1 Å². The van der Waals surface area contributed by atoms with Crippen molar-refractivity contribution in [2.24, 2.45) is 0 Å². The number of nitrogens with zero attached hydrogens (tertiary/aromatic N) is 2. The second kappa shape index (κ2) is 8.16. The Kier molecular flexibility index (Phi) is 5.44. The molecule has 1 saturated heterocycles. The normalized spacial score (nSPS) is 17.8. The van der Waals surface area contributed by atoms with Crippen LogP contribution in [0.2, 0.25) is 5.02 Å². The molecule has 0 aliphatic carbocycles. The van der Waals surface area contributed by atoms with Crippen molar-refractivity contribution in [2.45, 2.75) is 18.9 Å². The van der Waals surface area contributed by atoms with Gasteiger partial charge in [0.15, 0.2) is 23.9 Å². The summed E-state index contributed by atoms with van der Waals surface area (Å²) in [7, 11) is 0. The minimum atomic E-state index is -0.584. The van der Waals surface area contributed by atoms with Crippen LogP contribution in [0.3, 0.4) is 0 Å². The molecule has 0 N–H and O–H groups in total. The molecule has 2 aromatic rings. The van der Waals surface area contributed by atoms with Gasteiger partial charge in [-0.1, -0.05) is 17.7 Å². The van der Waals surface area contributed by atoms with Gasteiger partial charge < -0.3 is 19.1 Å². The molecule has 2 aliphatic heterocycles. The van der Waals surface area contributed by atoms with Crippen LogP contribution < -0.4 is 14.2 Å². The minimum absolute atomic E-state index is 0.0165. The number of amides is 1. The highest BCUT2D eigenvalue weighted by atomic mass is 35.5. The number of nitro benzene ring substituents is 1. The Labute approximate surface area is 172 Å². The fraction of sp³-hybridized carbons (Fsp3) is 0.350. The lowest BCUT2D eigenvalue weighted by Crippen LogP contribution is -2.34. The Morgan fingerprint density at radius 1 is 1.21 bits per heavy atom. The number of carbonyl (C=O) groups is 1. The Bertz CT molecular complexity index is 951. The molecule has 2 aliphatic rings. The maximum Gasteiger partial charge on any atom is 0.312 e. The third-order valence-corrected chi connectivity index (χ3v) is 5.23. The number of hydrogen-bond donors (Lipinski definition) is 0. The second-order valence-electron chi connectivity index (χ2n) is 6.81. The van der Waals surface area contributed by atoms with E-state index in [-0.39, 0.29) is 35.0 Å². The number of fused-ring (bicyclic) bond motifs is 1. The van der Waals surface area contributed by atoms with Crippen LogP contribution in [-0.4, -0.2) is 42.1 Å². The van der Waals surface area contributed by atoms with Crippen molar-refractivity contribution in [2.75, 3.05) is 26.4 Å². The average Bonchev–Trinajstić information content (AvgIpc) is 3.22. The highest BCUT2D eigenvalue weighted by molar-refractivity contribution is 6.30. The third-order valence-electron chi connectivity index (χ3n) is 4.99. The number of ether oxygens (including phenoxy) is 3. The molecular weight excluding hydrogens is 400 g/mol. The fourth-order valence-electron chi connectivity index (χ4n) is 3.66. The van der Waals surface area contributed by atoms with Gasteiger partial charge in [0.05, 0.1) is 11.0 Å². The summed E-state index contributed by atoms with van der Waals surface area (Å²) in [6, 6.07) is 9.71. The number of carbonyl (C=O) groups excluding carboxylic acids is 1. The van der Waals surface area contributed by atoms with Crippen LogP contribution >= 0.6 is 11.6 Å². The van der Waals surface area contributed by atoms with E-state index in [1.54, 1.807) is 4.90 Å². The molecule has 4 rings (SSSR count). The molecule has 0 aromatic heterocycles. The van der Waals surface area contributed by atoms with Crippen LogP contribution in [0, 0.1) is 10.1 Å². The van der Waals surface area contributed by atoms with E-state index in [0.717, 1.165) is 18.4 Å². The van der Waals surface area contributed by atoms with Gasteiger partial charge in [-0.05, 0) is 42.7 Å². The first-order valence-corrected chi connectivity index (χ1v) is 9.66. The Morgan fingerprint density at radius 2 is 2.00 bits per heavy atom. The summed E-state index contributed by atoms with van der Waals surface area (Å²) in [6.07, 6.45) is 1.69. The van der Waals surface area contributed by atoms with E-state index in [9.17, 15) is 14.9 Å². The topological polar surface area (TPSA) is 91.1 Å². The van der Waals surface area contributed by atoms with Gasteiger partial charge >= 0.3 is 5.69 Å². The molecule has 29 heavy (non-hydrogen) atoms. The third kappa shape index (κ3) is 4.07. The van der Waals surface area contributed by atoms with Crippen molar-refractivity contribution in [1.82, 2.24) is 4.90 Å². The SMILES string of the molecule is O=C(COc1ccc(Cl)cc1[N+](=O)[O-])N1CCCC1c1ccc2c(c1)OCCO2. The highest BCUT2D eigenvalue weighted by Crippen LogP contribution is 2.38. The largest absolute Gasteiger partial charge is 0.486 e. The van der Waals surface area contributed by atoms with E-state index in [4.69, 9.17) is 25.8 Å². The maximum atomic E-state index is 12.8. The standard InChI is InChI=1S/C20H19ClN2O6/c21-14-4-6-17(16(11-14)23(25)26)29-12-20(24)22-7-1-2-15(22)13-3-5-18-19(10-13)28-9-8-27-18/h3-6,10-11,15H,1-2,7-9,12H2. The molecule has 1 unspecified atom stereocenters. The molecule has 2 aromatic carbocycles. The Morgan fingerprint density at radius 3 is 2.79 bits per heavy atom. The van der Waals surface area contributed by atoms with E-state index in [1.807, 2.05) is 18.2 Å². The van der Waals surface area contributed by atoms with Crippen molar-refractivity contribution >= 4 is 23.2 Å². The van der Waals surface area contributed by atoms with E-state index < -0.39 is 4.92 Å². The number of benzene rings is 2. The summed E-state index contributed by atoms with van der Waals surface area (Å²) in [5, 5.41) is 11.4. The smallest absolute Gasteiger partial charge is 0.312 e. The predicted octanol–water partition coefficient (Wildman–Crippen LogP) is 3.76. The lowest BCUT2D eigenvalue weighted by molar-refractivity contribution is -0.385. The first-order chi connectivity index (χ1) is 14.0. The van der Waals surface area contributed by atoms with Gasteiger partial charge in [-0.2, -0.15) is 0 Å². The first-order valence-electron chi connectivity index (χ1n) is 9.28. The van der Waals surface area contributed by atoms with E-state index in [0.29, 0.717) is 31.3 Å². The number of halogens is 1. The molecule has 0 radical (unpaired) electrons. The van der Waals surface area contributed by atoms with Crippen LogP contribution in [0.4, 0.5) is 5.69 Å². The lowest BCUT2D eigenvalue weighted by atomic mass is 10.0. The van der Waals surface area contributed by atoms with Crippen LogP contribution in [-0.2, 0) is 4.79 Å². The van der Waals surface area contributed by atoms with Gasteiger partial charge in [-0.15, -0.1) is 0 Å². The van der Waals surface area contributed by atoms with Gasteiger partial charge in [0, 0.05) is 17.6 Å². The summed E-state index contributed by atoms with van der Waals surface area (Å²) in [5.41, 5.74) is 0.702. The molecular formula is C20H19ClN2O6. The average molecular weight is 419 g/mol. The molecule has 1 atom stereocenters. The molecule has 0 saturated carbocycles. The van der Waals surface area contributed by atoms with Crippen molar-refractivity contribution in [1.29, 1.82) is 0 Å². The zero-order chi connectivity index (χ0) is 20.4. The predicted molar refractivity (Wildman–Crippen MR) is 105 cm³/mol. The van der Waals surface area contributed by atoms with E-state index in [1.165, 1.54) is 18.2 Å². The molecule has 0 bridgehead atoms. The highest BCUT2D eigenvalue weighted by Gasteiger charge is 2.31. The molecule has 0 spiro atoms. The van der Waals surface area contributed by atoms with Crippen LogP contribution in [0.25, 0.3) is 0 Å². The zero-order valence-corrected chi connectivity index (χ0v) is 16.3. The summed E-state index contributed by atoms with van der Waals surface area (Å²) in [5.74, 6) is 1.17. The molecule has 8 nitrogen and oxygen atoms in total. The second-order valence-corrected chi connectivity index (χ2v) is 7.24. The molecule has 1 amide bonds.